The van der Waals surface area contributed by atoms with Crippen LogP contribution in [0.1, 0.15) is 29.8 Å². The van der Waals surface area contributed by atoms with Crippen molar-refractivity contribution in [2.24, 2.45) is 0 Å². The number of amides is 2. The molecule has 0 saturated heterocycles. The Morgan fingerprint density at radius 3 is 2.77 bits per heavy atom. The molecule has 2 atom stereocenters. The minimum Gasteiger partial charge on any atom is -0.394 e. The summed E-state index contributed by atoms with van der Waals surface area (Å²) in [5.41, 5.74) is 1.59. The van der Waals surface area contributed by atoms with Gasteiger partial charge < -0.3 is 20.6 Å². The number of fused-ring (bicyclic) bond motifs is 1. The minimum atomic E-state index is -4.45. The number of aromatic nitrogens is 2. The third-order valence-electron chi connectivity index (χ3n) is 4.90. The van der Waals surface area contributed by atoms with Crippen LogP contribution >= 0.6 is 11.6 Å². The van der Waals surface area contributed by atoms with Crippen LogP contribution < -0.4 is 10.6 Å². The predicted molar refractivity (Wildman–Crippen MR) is 105 cm³/mol. The molecule has 0 spiro atoms. The Bertz CT molecular complexity index is 959. The van der Waals surface area contributed by atoms with E-state index in [1.807, 2.05) is 0 Å². The predicted octanol–water partition coefficient (Wildman–Crippen LogP) is 3.43. The summed E-state index contributed by atoms with van der Waals surface area (Å²) in [6.07, 6.45) is -2.59. The van der Waals surface area contributed by atoms with Gasteiger partial charge in [-0.25, -0.2) is 19.2 Å². The molecule has 2 aromatic rings. The first kappa shape index (κ1) is 23.0. The molecule has 0 bridgehead atoms. The zero-order valence-electron chi connectivity index (χ0n) is 16.4. The number of nitrogens with one attached hydrogen (secondary N) is 2. The maximum atomic E-state index is 13.4. The van der Waals surface area contributed by atoms with Gasteiger partial charge in [0.15, 0.2) is 0 Å². The number of hydrogen-bond acceptors (Lipinski definition) is 5. The lowest BCUT2D eigenvalue weighted by Gasteiger charge is -2.30. The molecule has 2 heterocycles. The van der Waals surface area contributed by atoms with Gasteiger partial charge in [-0.1, -0.05) is 17.7 Å². The highest BCUT2D eigenvalue weighted by Crippen LogP contribution is 2.24. The monoisotopic (exact) mass is 461 g/mol. The van der Waals surface area contributed by atoms with Gasteiger partial charge in [-0.05, 0) is 36.6 Å². The average molecular weight is 462 g/mol. The number of carbonyl (C=O) groups excluding carboxylic acids is 1. The molecule has 2 unspecified atom stereocenters. The van der Waals surface area contributed by atoms with Crippen LogP contribution in [0.25, 0.3) is 0 Å². The van der Waals surface area contributed by atoms with Crippen LogP contribution in [0.2, 0.25) is 5.02 Å². The average Bonchev–Trinajstić information content (AvgIpc) is 2.72. The van der Waals surface area contributed by atoms with Gasteiger partial charge in [0.05, 0.1) is 29.9 Å². The van der Waals surface area contributed by atoms with Crippen molar-refractivity contribution in [1.29, 1.82) is 0 Å². The third-order valence-corrected chi connectivity index (χ3v) is 5.19. The standard InChI is InChI=1S/C19H20ClF4N5O2/c1-10(19(22,23)24)26-17-25-7-12-4-5-29(8-15(12)27-17)18(31)28-16(9-30)11-2-3-14(21)13(20)6-11/h2-3,6-7,10,16,30H,4-5,8-9H2,1H3,(H,28,31)(H,25,26,27). The third kappa shape index (κ3) is 5.53. The first-order chi connectivity index (χ1) is 14.6. The Morgan fingerprint density at radius 1 is 1.39 bits per heavy atom. The molecule has 0 saturated carbocycles. The summed E-state index contributed by atoms with van der Waals surface area (Å²) >= 11 is 5.76. The molecular formula is C19H20ClF4N5O2. The van der Waals surface area contributed by atoms with Crippen molar-refractivity contribution in [1.82, 2.24) is 20.2 Å². The van der Waals surface area contributed by atoms with E-state index in [2.05, 4.69) is 20.6 Å². The van der Waals surface area contributed by atoms with E-state index in [9.17, 15) is 27.5 Å². The van der Waals surface area contributed by atoms with Gasteiger partial charge in [0.2, 0.25) is 5.95 Å². The number of aliphatic hydroxyl groups excluding tert-OH is 1. The molecule has 0 radical (unpaired) electrons. The number of nitrogens with zero attached hydrogens (tertiary/aromatic N) is 3. The second-order valence-electron chi connectivity index (χ2n) is 7.10. The number of halogens is 5. The van der Waals surface area contributed by atoms with Crippen LogP contribution in [-0.4, -0.2) is 51.4 Å². The van der Waals surface area contributed by atoms with Crippen molar-refractivity contribution in [3.8, 4) is 0 Å². The summed E-state index contributed by atoms with van der Waals surface area (Å²) in [5.74, 6) is -0.801. The number of anilines is 1. The van der Waals surface area contributed by atoms with Crippen molar-refractivity contribution < 1.29 is 27.5 Å². The van der Waals surface area contributed by atoms with Crippen molar-refractivity contribution in [2.75, 3.05) is 18.5 Å². The molecule has 2 amide bonds. The lowest BCUT2D eigenvalue weighted by atomic mass is 10.1. The van der Waals surface area contributed by atoms with Crippen LogP contribution in [0.5, 0.6) is 0 Å². The second kappa shape index (κ2) is 9.23. The smallest absolute Gasteiger partial charge is 0.394 e. The number of carbonyl (C=O) groups is 1. The van der Waals surface area contributed by atoms with Crippen molar-refractivity contribution in [3.05, 3.63) is 52.1 Å². The summed E-state index contributed by atoms with van der Waals surface area (Å²) in [6.45, 7) is 0.903. The van der Waals surface area contributed by atoms with Gasteiger partial charge in [-0.3, -0.25) is 0 Å². The summed E-state index contributed by atoms with van der Waals surface area (Å²) in [6, 6.07) is 0.694. The highest BCUT2D eigenvalue weighted by atomic mass is 35.5. The van der Waals surface area contributed by atoms with Gasteiger partial charge in [0.1, 0.15) is 11.9 Å². The Labute approximate surface area is 180 Å². The van der Waals surface area contributed by atoms with E-state index in [1.165, 1.54) is 23.2 Å². The summed E-state index contributed by atoms with van der Waals surface area (Å²) < 4.78 is 51.6. The topological polar surface area (TPSA) is 90.4 Å². The Morgan fingerprint density at radius 2 is 2.13 bits per heavy atom. The first-order valence-corrected chi connectivity index (χ1v) is 9.75. The van der Waals surface area contributed by atoms with Gasteiger partial charge in [-0.2, -0.15) is 13.2 Å². The van der Waals surface area contributed by atoms with Crippen LogP contribution in [0.15, 0.2) is 24.4 Å². The maximum Gasteiger partial charge on any atom is 0.408 e. The molecule has 3 N–H and O–H groups in total. The lowest BCUT2D eigenvalue weighted by molar-refractivity contribution is -0.138. The molecule has 0 aliphatic carbocycles. The van der Waals surface area contributed by atoms with Crippen molar-refractivity contribution in [3.63, 3.8) is 0 Å². The molecule has 1 aliphatic heterocycles. The molecular weight excluding hydrogens is 442 g/mol. The number of rotatable bonds is 5. The summed E-state index contributed by atoms with van der Waals surface area (Å²) in [7, 11) is 0. The van der Waals surface area contributed by atoms with Crippen molar-refractivity contribution >= 4 is 23.6 Å². The van der Waals surface area contributed by atoms with E-state index in [1.54, 1.807) is 0 Å². The molecule has 12 heteroatoms. The first-order valence-electron chi connectivity index (χ1n) is 9.37. The molecule has 7 nitrogen and oxygen atoms in total. The normalized spacial score (nSPS) is 15.8. The van der Waals surface area contributed by atoms with Gasteiger partial charge in [0.25, 0.3) is 0 Å². The fourth-order valence-corrected chi connectivity index (χ4v) is 3.21. The van der Waals surface area contributed by atoms with Crippen LogP contribution in [0, 0.1) is 5.82 Å². The number of alkyl halides is 3. The SMILES string of the molecule is CC(Nc1ncc2c(n1)CN(C(=O)NC(CO)c1ccc(F)c(Cl)c1)CC2)C(F)(F)F. The fourth-order valence-electron chi connectivity index (χ4n) is 3.03. The van der Waals surface area contributed by atoms with Gasteiger partial charge in [0, 0.05) is 12.7 Å². The van der Waals surface area contributed by atoms with E-state index < -0.39 is 36.7 Å². The number of benzene rings is 1. The molecule has 1 aromatic carbocycles. The summed E-state index contributed by atoms with van der Waals surface area (Å²) in [5, 5.41) is 14.4. The quantitative estimate of drug-likeness (QED) is 0.593. The fraction of sp³-hybridized carbons (Fsp3) is 0.421. The molecule has 3 rings (SSSR count). The highest BCUT2D eigenvalue weighted by Gasteiger charge is 2.36. The number of aliphatic hydroxyl groups is 1. The number of urea groups is 1. The summed E-state index contributed by atoms with van der Waals surface area (Å²) in [4.78, 5) is 22.1. The molecule has 168 valence electrons. The van der Waals surface area contributed by atoms with E-state index in [0.717, 1.165) is 18.6 Å². The zero-order valence-corrected chi connectivity index (χ0v) is 17.1. The van der Waals surface area contributed by atoms with E-state index >= 15 is 0 Å². The second-order valence-corrected chi connectivity index (χ2v) is 7.51. The molecule has 1 aliphatic rings. The van der Waals surface area contributed by atoms with E-state index in [-0.39, 0.29) is 17.5 Å². The Kier molecular flexibility index (Phi) is 6.85. The highest BCUT2D eigenvalue weighted by molar-refractivity contribution is 6.30. The molecule has 31 heavy (non-hydrogen) atoms. The Balaban J connectivity index is 1.69. The molecule has 0 fully saturated rings. The van der Waals surface area contributed by atoms with Crippen LogP contribution in [0.4, 0.5) is 28.3 Å². The van der Waals surface area contributed by atoms with Crippen LogP contribution in [-0.2, 0) is 13.0 Å². The van der Waals surface area contributed by atoms with E-state index in [4.69, 9.17) is 11.6 Å². The van der Waals surface area contributed by atoms with E-state index in [0.29, 0.717) is 24.2 Å². The van der Waals surface area contributed by atoms with Crippen molar-refractivity contribution in [2.45, 2.75) is 38.1 Å². The van der Waals surface area contributed by atoms with Crippen LogP contribution in [0.3, 0.4) is 0 Å². The number of hydrogen-bond donors (Lipinski definition) is 3. The zero-order chi connectivity index (χ0) is 22.8. The van der Waals surface area contributed by atoms with Gasteiger partial charge in [-0.15, -0.1) is 0 Å². The molecule has 1 aromatic heterocycles. The lowest BCUT2D eigenvalue weighted by Crippen LogP contribution is -2.45. The largest absolute Gasteiger partial charge is 0.408 e. The minimum absolute atomic E-state index is 0.0566. The maximum absolute atomic E-state index is 13.4. The van der Waals surface area contributed by atoms with Gasteiger partial charge >= 0.3 is 12.2 Å². The Hall–Kier alpha value is -2.66.